The third-order valence-electron chi connectivity index (χ3n) is 6.20. The van der Waals surface area contributed by atoms with Crippen molar-refractivity contribution in [2.24, 2.45) is 0 Å². The highest BCUT2D eigenvalue weighted by atomic mass is 16.5. The molecule has 3 aromatic rings. The second kappa shape index (κ2) is 7.72. The van der Waals surface area contributed by atoms with Gasteiger partial charge < -0.3 is 18.9 Å². The van der Waals surface area contributed by atoms with E-state index in [1.54, 1.807) is 7.11 Å². The molecule has 1 aliphatic carbocycles. The number of carbonyl (C=O) groups is 1. The number of ether oxygens (including phenoxy) is 2. The molecule has 1 saturated heterocycles. The Labute approximate surface area is 181 Å². The van der Waals surface area contributed by atoms with E-state index < -0.39 is 0 Å². The van der Waals surface area contributed by atoms with E-state index >= 15 is 0 Å². The zero-order chi connectivity index (χ0) is 21.4. The van der Waals surface area contributed by atoms with Crippen molar-refractivity contribution in [2.75, 3.05) is 20.2 Å². The molecular formula is C24H25N3O4. The molecule has 0 N–H and O–H groups in total. The topological polar surface area (TPSA) is 77.7 Å². The van der Waals surface area contributed by atoms with Crippen LogP contribution in [0, 0.1) is 6.92 Å². The number of methoxy groups -OCH3 is 1. The van der Waals surface area contributed by atoms with Gasteiger partial charge in [-0.25, -0.2) is 0 Å². The molecule has 0 bridgehead atoms. The van der Waals surface area contributed by atoms with E-state index in [0.717, 1.165) is 29.9 Å². The number of rotatable bonds is 7. The average molecular weight is 419 g/mol. The molecule has 0 spiro atoms. The van der Waals surface area contributed by atoms with Crippen LogP contribution in [0.3, 0.4) is 0 Å². The smallest absolute Gasteiger partial charge is 0.264 e. The molecule has 1 aliphatic heterocycles. The van der Waals surface area contributed by atoms with Crippen molar-refractivity contribution in [2.45, 2.75) is 37.7 Å². The molecule has 0 atom stereocenters. The lowest BCUT2D eigenvalue weighted by Gasteiger charge is -2.39. The zero-order valence-electron chi connectivity index (χ0n) is 17.7. The summed E-state index contributed by atoms with van der Waals surface area (Å²) in [5.74, 6) is 2.94. The summed E-state index contributed by atoms with van der Waals surface area (Å²) in [5, 5.41) is 4.10. The van der Waals surface area contributed by atoms with Crippen LogP contribution in [0.4, 0.5) is 0 Å². The van der Waals surface area contributed by atoms with Crippen molar-refractivity contribution in [1.29, 1.82) is 0 Å². The lowest BCUT2D eigenvalue weighted by molar-refractivity contribution is -0.138. The number of aryl methyl sites for hydroxylation is 1. The van der Waals surface area contributed by atoms with Gasteiger partial charge in [-0.1, -0.05) is 35.0 Å². The van der Waals surface area contributed by atoms with Crippen LogP contribution in [0.25, 0.3) is 0 Å². The molecule has 7 heteroatoms. The minimum atomic E-state index is -0.373. The van der Waals surface area contributed by atoms with Gasteiger partial charge in [0.25, 0.3) is 5.89 Å². The highest BCUT2D eigenvalue weighted by molar-refractivity contribution is 5.92. The number of amides is 1. The fourth-order valence-electron chi connectivity index (χ4n) is 4.04. The van der Waals surface area contributed by atoms with E-state index in [2.05, 4.69) is 10.1 Å². The van der Waals surface area contributed by atoms with Gasteiger partial charge in [-0.3, -0.25) is 4.79 Å². The molecule has 2 fully saturated rings. The van der Waals surface area contributed by atoms with Gasteiger partial charge in [-0.2, -0.15) is 4.98 Å². The number of carbonyl (C=O) groups excluding carboxylic acids is 1. The number of likely N-dealkylation sites (tertiary alicyclic amines) is 1. The van der Waals surface area contributed by atoms with Gasteiger partial charge in [0.15, 0.2) is 12.4 Å². The monoisotopic (exact) mass is 419 g/mol. The van der Waals surface area contributed by atoms with E-state index in [9.17, 15) is 4.79 Å². The summed E-state index contributed by atoms with van der Waals surface area (Å²) >= 11 is 0. The van der Waals surface area contributed by atoms with Crippen molar-refractivity contribution in [3.8, 4) is 11.5 Å². The molecule has 2 heterocycles. The van der Waals surface area contributed by atoms with Crippen LogP contribution < -0.4 is 9.47 Å². The number of aromatic nitrogens is 2. The molecule has 31 heavy (non-hydrogen) atoms. The van der Waals surface area contributed by atoms with Crippen LogP contribution in [0.1, 0.15) is 41.6 Å². The minimum absolute atomic E-state index is 0.104. The lowest BCUT2D eigenvalue weighted by atomic mass is 9.90. The molecule has 0 radical (unpaired) electrons. The first-order chi connectivity index (χ1) is 15.1. The predicted molar refractivity (Wildman–Crippen MR) is 113 cm³/mol. The molecule has 2 aromatic carbocycles. The van der Waals surface area contributed by atoms with Crippen LogP contribution in [0.2, 0.25) is 0 Å². The molecule has 1 aromatic heterocycles. The maximum absolute atomic E-state index is 13.1. The summed E-state index contributed by atoms with van der Waals surface area (Å²) in [6.07, 6.45) is 1.78. The van der Waals surface area contributed by atoms with Crippen LogP contribution in [0.15, 0.2) is 53.1 Å². The standard InChI is InChI=1S/C24H25N3O4/c1-16-3-7-20(8-4-16)30-15-21-25-22(26-31-21)17-13-27(14-17)23(28)24(11-12-24)18-5-9-19(29-2)10-6-18/h3-10,17H,11-15H2,1-2H3. The quantitative estimate of drug-likeness (QED) is 0.582. The van der Waals surface area contributed by atoms with E-state index in [0.29, 0.717) is 24.8 Å². The van der Waals surface area contributed by atoms with Crippen molar-refractivity contribution in [3.63, 3.8) is 0 Å². The molecule has 1 saturated carbocycles. The number of hydrogen-bond donors (Lipinski definition) is 0. The molecule has 1 amide bonds. The number of benzene rings is 2. The van der Waals surface area contributed by atoms with E-state index in [1.807, 2.05) is 60.4 Å². The van der Waals surface area contributed by atoms with Gasteiger partial charge >= 0.3 is 0 Å². The molecule has 5 rings (SSSR count). The van der Waals surface area contributed by atoms with Gasteiger partial charge in [-0.05, 0) is 49.6 Å². The Bertz CT molecular complexity index is 1060. The van der Waals surface area contributed by atoms with Crippen LogP contribution in [-0.4, -0.2) is 41.1 Å². The Morgan fingerprint density at radius 2 is 1.77 bits per heavy atom. The average Bonchev–Trinajstić information content (AvgIpc) is 3.45. The van der Waals surface area contributed by atoms with Gasteiger partial charge in [0.05, 0.1) is 18.4 Å². The van der Waals surface area contributed by atoms with E-state index in [1.165, 1.54) is 5.56 Å². The van der Waals surface area contributed by atoms with Crippen molar-refractivity contribution < 1.29 is 18.8 Å². The first-order valence-electron chi connectivity index (χ1n) is 10.5. The van der Waals surface area contributed by atoms with Gasteiger partial charge in [0, 0.05) is 13.1 Å². The summed E-state index contributed by atoms with van der Waals surface area (Å²) < 4.78 is 16.3. The Morgan fingerprint density at radius 3 is 2.42 bits per heavy atom. The van der Waals surface area contributed by atoms with Crippen LogP contribution >= 0.6 is 0 Å². The van der Waals surface area contributed by atoms with Crippen LogP contribution in [-0.2, 0) is 16.8 Å². The number of hydrogen-bond acceptors (Lipinski definition) is 6. The SMILES string of the molecule is COc1ccc(C2(C(=O)N3CC(c4noc(COc5ccc(C)cc5)n4)C3)CC2)cc1. The second-order valence-corrected chi connectivity index (χ2v) is 8.37. The first kappa shape index (κ1) is 19.6. The fourth-order valence-corrected chi connectivity index (χ4v) is 4.04. The van der Waals surface area contributed by atoms with E-state index in [-0.39, 0.29) is 23.8 Å². The Morgan fingerprint density at radius 1 is 1.10 bits per heavy atom. The summed E-state index contributed by atoms with van der Waals surface area (Å²) in [4.78, 5) is 19.5. The number of nitrogens with zero attached hydrogens (tertiary/aromatic N) is 3. The fraction of sp³-hybridized carbons (Fsp3) is 0.375. The maximum Gasteiger partial charge on any atom is 0.264 e. The molecule has 160 valence electrons. The molecule has 7 nitrogen and oxygen atoms in total. The molecule has 2 aliphatic rings. The summed E-state index contributed by atoms with van der Waals surface area (Å²) in [6.45, 7) is 3.50. The van der Waals surface area contributed by atoms with Crippen LogP contribution in [0.5, 0.6) is 11.5 Å². The van der Waals surface area contributed by atoms with Gasteiger partial charge in [0.1, 0.15) is 11.5 Å². The normalized spacial score (nSPS) is 17.2. The first-order valence-corrected chi connectivity index (χ1v) is 10.5. The summed E-state index contributed by atoms with van der Waals surface area (Å²) in [7, 11) is 1.64. The summed E-state index contributed by atoms with van der Waals surface area (Å²) in [5.41, 5.74) is 1.87. The third-order valence-corrected chi connectivity index (χ3v) is 6.20. The third kappa shape index (κ3) is 3.76. The summed E-state index contributed by atoms with van der Waals surface area (Å²) in [6, 6.07) is 15.7. The predicted octanol–water partition coefficient (Wildman–Crippen LogP) is 3.62. The van der Waals surface area contributed by atoms with Crippen molar-refractivity contribution in [1.82, 2.24) is 15.0 Å². The maximum atomic E-state index is 13.1. The van der Waals surface area contributed by atoms with Crippen molar-refractivity contribution in [3.05, 3.63) is 71.4 Å². The van der Waals surface area contributed by atoms with Gasteiger partial charge in [-0.15, -0.1) is 0 Å². The Kier molecular flexibility index (Phi) is 4.88. The molecule has 0 unspecified atom stereocenters. The zero-order valence-corrected chi connectivity index (χ0v) is 17.7. The van der Waals surface area contributed by atoms with E-state index in [4.69, 9.17) is 14.0 Å². The van der Waals surface area contributed by atoms with Gasteiger partial charge in [0.2, 0.25) is 5.91 Å². The Balaban J connectivity index is 1.16. The highest BCUT2D eigenvalue weighted by Crippen LogP contribution is 2.51. The van der Waals surface area contributed by atoms with Crippen molar-refractivity contribution >= 4 is 5.91 Å². The second-order valence-electron chi connectivity index (χ2n) is 8.37. The lowest BCUT2D eigenvalue weighted by Crippen LogP contribution is -2.52. The largest absolute Gasteiger partial charge is 0.497 e. The molecular weight excluding hydrogens is 394 g/mol. The highest BCUT2D eigenvalue weighted by Gasteiger charge is 2.55. The minimum Gasteiger partial charge on any atom is -0.497 e. The Hall–Kier alpha value is -3.35.